The van der Waals surface area contributed by atoms with Crippen molar-refractivity contribution in [1.29, 1.82) is 0 Å². The third-order valence-electron chi connectivity index (χ3n) is 3.53. The first-order valence-electron chi connectivity index (χ1n) is 8.05. The van der Waals surface area contributed by atoms with Crippen LogP contribution in [0.15, 0.2) is 17.0 Å². The van der Waals surface area contributed by atoms with Crippen molar-refractivity contribution in [1.82, 2.24) is 0 Å². The van der Waals surface area contributed by atoms with Crippen molar-refractivity contribution >= 4 is 10.1 Å². The predicted octanol–water partition coefficient (Wildman–Crippen LogP) is 4.41. The van der Waals surface area contributed by atoms with Crippen molar-refractivity contribution in [2.75, 3.05) is 13.2 Å². The van der Waals surface area contributed by atoms with Crippen molar-refractivity contribution in [3.63, 3.8) is 0 Å². The lowest BCUT2D eigenvalue weighted by Gasteiger charge is -2.30. The zero-order chi connectivity index (χ0) is 18.1. The fourth-order valence-corrected chi connectivity index (χ4v) is 3.35. The Morgan fingerprint density at radius 3 is 1.61 bits per heavy atom. The Bertz CT molecular complexity index is 612. The zero-order valence-corrected chi connectivity index (χ0v) is 16.4. The molecule has 0 fully saturated rings. The van der Waals surface area contributed by atoms with E-state index in [4.69, 9.17) is 8.92 Å². The predicted molar refractivity (Wildman–Crippen MR) is 93.8 cm³/mol. The van der Waals surface area contributed by atoms with Crippen LogP contribution in [0.25, 0.3) is 0 Å². The molecule has 5 heteroatoms. The van der Waals surface area contributed by atoms with Crippen LogP contribution in [0.2, 0.25) is 0 Å². The third kappa shape index (κ3) is 4.70. The molecular formula is C18H30O4S. The smallest absolute Gasteiger partial charge is 0.296 e. The lowest BCUT2D eigenvalue weighted by molar-refractivity contribution is 0.318. The summed E-state index contributed by atoms with van der Waals surface area (Å²) >= 11 is 0. The Hall–Kier alpha value is -1.07. The van der Waals surface area contributed by atoms with Crippen LogP contribution < -0.4 is 4.74 Å². The maximum atomic E-state index is 12.4. The van der Waals surface area contributed by atoms with E-state index in [0.717, 1.165) is 16.9 Å². The van der Waals surface area contributed by atoms with E-state index in [9.17, 15) is 8.42 Å². The van der Waals surface area contributed by atoms with Gasteiger partial charge in [-0.15, -0.1) is 0 Å². The van der Waals surface area contributed by atoms with Gasteiger partial charge in [-0.3, -0.25) is 4.18 Å². The minimum absolute atomic E-state index is 0.116. The van der Waals surface area contributed by atoms with Crippen LogP contribution in [-0.2, 0) is 25.1 Å². The van der Waals surface area contributed by atoms with Gasteiger partial charge in [0.2, 0.25) is 0 Å². The maximum absolute atomic E-state index is 12.4. The van der Waals surface area contributed by atoms with Crippen molar-refractivity contribution in [3.05, 3.63) is 23.3 Å². The van der Waals surface area contributed by atoms with E-state index in [1.54, 1.807) is 19.1 Å². The van der Waals surface area contributed by atoms with Crippen molar-refractivity contribution in [2.24, 2.45) is 0 Å². The molecule has 0 N–H and O–H groups in total. The first kappa shape index (κ1) is 20.0. The summed E-state index contributed by atoms with van der Waals surface area (Å²) in [5.41, 5.74) is 1.26. The zero-order valence-electron chi connectivity index (χ0n) is 15.6. The van der Waals surface area contributed by atoms with Gasteiger partial charge >= 0.3 is 0 Å². The molecule has 132 valence electrons. The van der Waals surface area contributed by atoms with Gasteiger partial charge in [-0.05, 0) is 36.8 Å². The molecule has 0 spiro atoms. The lowest BCUT2D eigenvalue weighted by atomic mass is 9.79. The molecule has 1 aromatic carbocycles. The minimum Gasteiger partial charge on any atom is -0.493 e. The summed E-state index contributed by atoms with van der Waals surface area (Å²) in [6.07, 6.45) is 0. The van der Waals surface area contributed by atoms with Gasteiger partial charge in [-0.25, -0.2) is 0 Å². The first-order valence-corrected chi connectivity index (χ1v) is 9.46. The molecule has 0 bridgehead atoms. The van der Waals surface area contributed by atoms with Gasteiger partial charge in [0.25, 0.3) is 10.1 Å². The molecule has 0 unspecified atom stereocenters. The highest BCUT2D eigenvalue weighted by atomic mass is 32.2. The molecule has 23 heavy (non-hydrogen) atoms. The van der Waals surface area contributed by atoms with E-state index in [2.05, 4.69) is 0 Å². The number of ether oxygens (including phenoxy) is 1. The molecule has 1 aromatic rings. The highest BCUT2D eigenvalue weighted by Crippen LogP contribution is 2.41. The van der Waals surface area contributed by atoms with Crippen molar-refractivity contribution in [3.8, 4) is 5.75 Å². The molecular weight excluding hydrogens is 312 g/mol. The molecule has 0 heterocycles. The molecule has 0 aromatic heterocycles. The van der Waals surface area contributed by atoms with Gasteiger partial charge in [-0.2, -0.15) is 8.42 Å². The Balaban J connectivity index is 3.80. The molecule has 0 aliphatic rings. The molecule has 1 rings (SSSR count). The van der Waals surface area contributed by atoms with E-state index in [0.29, 0.717) is 6.61 Å². The second-order valence-electron chi connectivity index (χ2n) is 7.64. The number of benzene rings is 1. The van der Waals surface area contributed by atoms with Crippen LogP contribution in [0.3, 0.4) is 0 Å². The number of rotatable bonds is 5. The Labute approximate surface area is 141 Å². The van der Waals surface area contributed by atoms with Crippen LogP contribution in [0, 0.1) is 0 Å². The quantitative estimate of drug-likeness (QED) is 0.744. The second-order valence-corrected chi connectivity index (χ2v) is 9.26. The summed E-state index contributed by atoms with van der Waals surface area (Å²) in [4.78, 5) is 0.192. The van der Waals surface area contributed by atoms with Crippen molar-refractivity contribution in [2.45, 2.75) is 71.1 Å². The molecule has 4 nitrogen and oxygen atoms in total. The van der Waals surface area contributed by atoms with E-state index < -0.39 is 10.1 Å². The normalized spacial score (nSPS) is 13.2. The highest BCUT2D eigenvalue weighted by Gasteiger charge is 2.30. The average molecular weight is 343 g/mol. The van der Waals surface area contributed by atoms with Gasteiger partial charge in [0.15, 0.2) is 0 Å². The summed E-state index contributed by atoms with van der Waals surface area (Å²) in [5, 5.41) is 0. The Morgan fingerprint density at radius 2 is 1.30 bits per heavy atom. The average Bonchev–Trinajstić information content (AvgIpc) is 2.36. The van der Waals surface area contributed by atoms with Gasteiger partial charge in [0.1, 0.15) is 5.75 Å². The summed E-state index contributed by atoms with van der Waals surface area (Å²) in [5.74, 6) is 0.781. The highest BCUT2D eigenvalue weighted by molar-refractivity contribution is 7.86. The molecule has 0 aliphatic heterocycles. The third-order valence-corrected chi connectivity index (χ3v) is 4.89. The summed E-state index contributed by atoms with van der Waals surface area (Å²) in [7, 11) is -3.76. The monoisotopic (exact) mass is 342 g/mol. The van der Waals surface area contributed by atoms with Gasteiger partial charge in [-0.1, -0.05) is 41.5 Å². The molecule has 0 radical (unpaired) electrons. The van der Waals surface area contributed by atoms with Gasteiger partial charge in [0, 0.05) is 11.1 Å². The Morgan fingerprint density at radius 1 is 0.870 bits per heavy atom. The fraction of sp³-hybridized carbons (Fsp3) is 0.667. The van der Waals surface area contributed by atoms with Crippen LogP contribution in [-0.4, -0.2) is 21.6 Å². The summed E-state index contributed by atoms with van der Waals surface area (Å²) in [6, 6.07) is 3.37. The molecule has 0 amide bonds. The van der Waals surface area contributed by atoms with E-state index in [1.165, 1.54) is 0 Å². The van der Waals surface area contributed by atoms with E-state index >= 15 is 0 Å². The first-order chi connectivity index (χ1) is 10.3. The van der Waals surface area contributed by atoms with E-state index in [1.807, 2.05) is 48.5 Å². The minimum atomic E-state index is -3.76. The molecule has 0 atom stereocenters. The SMILES string of the molecule is CCOc1c(C(C)(C)C)cc(S(=O)(=O)OCC)cc1C(C)(C)C. The lowest BCUT2D eigenvalue weighted by Crippen LogP contribution is -2.21. The van der Waals surface area contributed by atoms with Crippen LogP contribution in [0.1, 0.15) is 66.5 Å². The summed E-state index contributed by atoms with van der Waals surface area (Å²) in [6.45, 7) is 16.5. The standard InChI is InChI=1S/C18H30O4S/c1-9-21-16-14(17(3,4)5)11-13(23(19,20)22-10-2)12-15(16)18(6,7)8/h11-12H,9-10H2,1-8H3. The topological polar surface area (TPSA) is 52.6 Å². The number of hydrogen-bond donors (Lipinski definition) is 0. The fourth-order valence-electron chi connectivity index (χ4n) is 2.38. The van der Waals surface area contributed by atoms with Gasteiger partial charge < -0.3 is 4.74 Å². The summed E-state index contributed by atoms with van der Waals surface area (Å²) < 4.78 is 35.7. The largest absolute Gasteiger partial charge is 0.493 e. The molecule has 0 saturated heterocycles. The van der Waals surface area contributed by atoms with Crippen molar-refractivity contribution < 1.29 is 17.3 Å². The molecule has 0 aliphatic carbocycles. The molecule has 0 saturated carbocycles. The Kier molecular flexibility index (Phi) is 5.92. The van der Waals surface area contributed by atoms with E-state index in [-0.39, 0.29) is 22.3 Å². The second kappa shape index (κ2) is 6.81. The van der Waals surface area contributed by atoms with Crippen LogP contribution in [0.4, 0.5) is 0 Å². The van der Waals surface area contributed by atoms with Gasteiger partial charge in [0.05, 0.1) is 18.1 Å². The van der Waals surface area contributed by atoms with Crippen LogP contribution >= 0.6 is 0 Å². The van der Waals surface area contributed by atoms with Crippen LogP contribution in [0.5, 0.6) is 5.75 Å². The maximum Gasteiger partial charge on any atom is 0.296 e. The number of hydrogen-bond acceptors (Lipinski definition) is 4.